The minimum Gasteiger partial charge on any atom is -0.299 e. The standard InChI is InChI=1S/C28H35O2/c1-17-13-19(29)15-21-20(17)7-8-23-26(21,4)10-12-28(6)24-14-18(2)22(30)16-25(24,3)9-11-27(23,28)5/h7-8,15,18,24H,9-12,14,16H2,1-6H3. The topological polar surface area (TPSA) is 34.1 Å². The van der Waals surface area contributed by atoms with Crippen LogP contribution >= 0.6 is 0 Å². The molecule has 2 heteroatoms. The van der Waals surface area contributed by atoms with Crippen molar-refractivity contribution in [3.8, 4) is 0 Å². The van der Waals surface area contributed by atoms with Crippen molar-refractivity contribution >= 4 is 11.6 Å². The first kappa shape index (κ1) is 20.2. The van der Waals surface area contributed by atoms with Crippen LogP contribution in [0, 0.1) is 39.6 Å². The van der Waals surface area contributed by atoms with Crippen molar-refractivity contribution < 1.29 is 9.59 Å². The lowest BCUT2D eigenvalue weighted by Gasteiger charge is -2.69. The molecule has 3 fully saturated rings. The molecular weight excluding hydrogens is 368 g/mol. The lowest BCUT2D eigenvalue weighted by molar-refractivity contribution is -0.161. The van der Waals surface area contributed by atoms with Crippen LogP contribution in [0.4, 0.5) is 0 Å². The Hall–Kier alpha value is -1.70. The van der Waals surface area contributed by atoms with E-state index in [9.17, 15) is 9.59 Å². The summed E-state index contributed by atoms with van der Waals surface area (Å²) in [5.41, 5.74) is 5.24. The predicted molar refractivity (Wildman–Crippen MR) is 119 cm³/mol. The highest BCUT2D eigenvalue weighted by Crippen LogP contribution is 2.74. The number of carbonyl (C=O) groups is 2. The van der Waals surface area contributed by atoms with Gasteiger partial charge in [0, 0.05) is 23.8 Å². The van der Waals surface area contributed by atoms with E-state index in [1.54, 1.807) is 0 Å². The van der Waals surface area contributed by atoms with E-state index in [-0.39, 0.29) is 33.4 Å². The van der Waals surface area contributed by atoms with Crippen molar-refractivity contribution in [1.82, 2.24) is 0 Å². The first-order chi connectivity index (χ1) is 13.9. The van der Waals surface area contributed by atoms with Crippen LogP contribution in [0.25, 0.3) is 0 Å². The average molecular weight is 404 g/mol. The molecule has 0 amide bonds. The van der Waals surface area contributed by atoms with Crippen LogP contribution in [-0.2, 0) is 9.59 Å². The number of allylic oxidation sites excluding steroid dienone is 8. The van der Waals surface area contributed by atoms with E-state index < -0.39 is 0 Å². The molecule has 0 aromatic heterocycles. The van der Waals surface area contributed by atoms with E-state index in [1.807, 2.05) is 13.0 Å². The number of hydrogen-bond acceptors (Lipinski definition) is 2. The zero-order valence-corrected chi connectivity index (χ0v) is 19.4. The van der Waals surface area contributed by atoms with Gasteiger partial charge in [0.1, 0.15) is 5.78 Å². The van der Waals surface area contributed by atoms with Gasteiger partial charge in [0.05, 0.1) is 0 Å². The Balaban J connectivity index is 1.65. The maximum absolute atomic E-state index is 12.6. The molecule has 0 N–H and O–H groups in total. The van der Waals surface area contributed by atoms with Gasteiger partial charge in [-0.05, 0) is 84.0 Å². The van der Waals surface area contributed by atoms with E-state index in [0.717, 1.165) is 44.1 Å². The molecule has 0 aliphatic heterocycles. The van der Waals surface area contributed by atoms with Crippen LogP contribution in [0.5, 0.6) is 0 Å². The van der Waals surface area contributed by atoms with Gasteiger partial charge < -0.3 is 0 Å². The third-order valence-electron chi connectivity index (χ3n) is 10.4. The first-order valence-corrected chi connectivity index (χ1v) is 11.8. The average Bonchev–Trinajstić information content (AvgIpc) is 2.66. The fourth-order valence-corrected chi connectivity index (χ4v) is 8.29. The number of rotatable bonds is 0. The fraction of sp³-hybridized carbons (Fsp3) is 0.643. The summed E-state index contributed by atoms with van der Waals surface area (Å²) < 4.78 is 0. The summed E-state index contributed by atoms with van der Waals surface area (Å²) in [5.74, 6) is 1.24. The van der Waals surface area contributed by atoms with Crippen molar-refractivity contribution in [2.24, 2.45) is 33.5 Å². The molecule has 0 aromatic carbocycles. The van der Waals surface area contributed by atoms with Crippen molar-refractivity contribution in [2.75, 3.05) is 0 Å². The minimum absolute atomic E-state index is 0.0106. The minimum atomic E-state index is -0.0821. The Labute approximate surface area is 181 Å². The number of hydrogen-bond donors (Lipinski definition) is 0. The second-order valence-corrected chi connectivity index (χ2v) is 11.9. The Morgan fingerprint density at radius 1 is 1.00 bits per heavy atom. The highest BCUT2D eigenvalue weighted by Gasteiger charge is 2.66. The highest BCUT2D eigenvalue weighted by atomic mass is 16.1. The Morgan fingerprint density at radius 3 is 2.47 bits per heavy atom. The molecule has 0 saturated heterocycles. The van der Waals surface area contributed by atoms with E-state index in [1.165, 1.54) is 16.7 Å². The second-order valence-electron chi connectivity index (χ2n) is 11.9. The predicted octanol–water partition coefficient (Wildman–Crippen LogP) is 6.34. The van der Waals surface area contributed by atoms with Gasteiger partial charge in [0.25, 0.3) is 0 Å². The molecule has 5 aliphatic rings. The summed E-state index contributed by atoms with van der Waals surface area (Å²) >= 11 is 0. The molecule has 0 heterocycles. The van der Waals surface area contributed by atoms with E-state index in [4.69, 9.17) is 0 Å². The fourth-order valence-electron chi connectivity index (χ4n) is 8.29. The zero-order chi connectivity index (χ0) is 21.7. The van der Waals surface area contributed by atoms with Crippen molar-refractivity contribution in [3.63, 3.8) is 0 Å². The third-order valence-corrected chi connectivity index (χ3v) is 10.4. The Kier molecular flexibility index (Phi) is 4.01. The molecule has 30 heavy (non-hydrogen) atoms. The summed E-state index contributed by atoms with van der Waals surface area (Å²) in [7, 11) is 0. The number of Topliss-reactive ketones (excluding diaryl/α,β-unsaturated/α-hetero) is 1. The maximum Gasteiger partial charge on any atom is 0.187 e. The molecule has 0 aromatic rings. The van der Waals surface area contributed by atoms with Crippen LogP contribution in [0.3, 0.4) is 0 Å². The summed E-state index contributed by atoms with van der Waals surface area (Å²) in [4.78, 5) is 25.0. The van der Waals surface area contributed by atoms with E-state index in [2.05, 4.69) is 52.8 Å². The van der Waals surface area contributed by atoms with Gasteiger partial charge in [-0.3, -0.25) is 9.59 Å². The van der Waals surface area contributed by atoms with Crippen molar-refractivity contribution in [3.05, 3.63) is 46.6 Å². The quantitative estimate of drug-likeness (QED) is 0.473. The smallest absolute Gasteiger partial charge is 0.187 e. The molecule has 2 nitrogen and oxygen atoms in total. The van der Waals surface area contributed by atoms with Crippen molar-refractivity contribution in [1.29, 1.82) is 0 Å². The summed E-state index contributed by atoms with van der Waals surface area (Å²) in [6.07, 6.45) is 15.7. The van der Waals surface area contributed by atoms with Crippen LogP contribution in [0.1, 0.15) is 80.1 Å². The van der Waals surface area contributed by atoms with Crippen molar-refractivity contribution in [2.45, 2.75) is 80.1 Å². The van der Waals surface area contributed by atoms with Gasteiger partial charge in [0.15, 0.2) is 5.78 Å². The first-order valence-electron chi connectivity index (χ1n) is 11.8. The molecule has 1 radical (unpaired) electrons. The molecule has 159 valence electrons. The largest absolute Gasteiger partial charge is 0.299 e. The highest BCUT2D eigenvalue weighted by molar-refractivity contribution is 6.00. The van der Waals surface area contributed by atoms with E-state index >= 15 is 0 Å². The van der Waals surface area contributed by atoms with Gasteiger partial charge in [-0.1, -0.05) is 52.3 Å². The normalized spacial score (nSPS) is 47.7. The van der Waals surface area contributed by atoms with Crippen LogP contribution in [-0.4, -0.2) is 11.6 Å². The molecule has 0 spiro atoms. The maximum atomic E-state index is 12.6. The van der Waals surface area contributed by atoms with Crippen LogP contribution in [0.2, 0.25) is 0 Å². The van der Waals surface area contributed by atoms with Gasteiger partial charge >= 0.3 is 0 Å². The Bertz CT molecular complexity index is 990. The lowest BCUT2D eigenvalue weighted by atomic mass is 9.35. The molecule has 6 atom stereocenters. The lowest BCUT2D eigenvalue weighted by Crippen LogP contribution is -2.61. The number of fused-ring (bicyclic) bond motifs is 7. The van der Waals surface area contributed by atoms with Gasteiger partial charge in [-0.15, -0.1) is 0 Å². The molecule has 5 aliphatic carbocycles. The van der Waals surface area contributed by atoms with Crippen LogP contribution in [0.15, 0.2) is 40.5 Å². The molecule has 5 rings (SSSR count). The zero-order valence-electron chi connectivity index (χ0n) is 19.4. The van der Waals surface area contributed by atoms with Crippen LogP contribution < -0.4 is 0 Å². The summed E-state index contributed by atoms with van der Waals surface area (Å²) in [5, 5.41) is 0. The summed E-state index contributed by atoms with van der Waals surface area (Å²) in [6.45, 7) is 13.9. The molecule has 6 unspecified atom stereocenters. The Morgan fingerprint density at radius 2 is 1.73 bits per heavy atom. The van der Waals surface area contributed by atoms with Gasteiger partial charge in [-0.25, -0.2) is 0 Å². The monoisotopic (exact) mass is 403 g/mol. The molecule has 0 bridgehead atoms. The molecular formula is C28H35O2. The van der Waals surface area contributed by atoms with Gasteiger partial charge in [0.2, 0.25) is 0 Å². The van der Waals surface area contributed by atoms with E-state index in [0.29, 0.717) is 11.7 Å². The number of ketones is 2. The summed E-state index contributed by atoms with van der Waals surface area (Å²) in [6, 6.07) is 0. The van der Waals surface area contributed by atoms with Gasteiger partial charge in [-0.2, -0.15) is 0 Å². The molecule has 3 saturated carbocycles. The second kappa shape index (κ2) is 5.96. The third kappa shape index (κ3) is 2.31. The SMILES string of the molecule is CC1=[C]C(=O)C=C2C1=CC=C1C2(C)CCC2(C)C3CC(C)C(=O)CC3(C)CCC12C. The number of carbonyl (C=O) groups excluding carboxylic acids is 2.